The van der Waals surface area contributed by atoms with Crippen molar-refractivity contribution in [3.63, 3.8) is 0 Å². The van der Waals surface area contributed by atoms with Gasteiger partial charge in [0.05, 0.1) is 0 Å². The molecule has 1 fully saturated rings. The lowest BCUT2D eigenvalue weighted by Crippen LogP contribution is -2.47. The maximum atomic E-state index is 12.8. The van der Waals surface area contributed by atoms with Crippen LogP contribution in [0.25, 0.3) is 5.95 Å². The second-order valence-corrected chi connectivity index (χ2v) is 6.62. The third-order valence-electron chi connectivity index (χ3n) is 4.64. The number of alkyl halides is 3. The molecule has 0 aliphatic carbocycles. The molecule has 1 aliphatic heterocycles. The number of para-hydroxylation sites is 1. The van der Waals surface area contributed by atoms with E-state index < -0.39 is 11.9 Å². The van der Waals surface area contributed by atoms with Gasteiger partial charge in [0.15, 0.2) is 5.69 Å². The summed E-state index contributed by atoms with van der Waals surface area (Å²) in [5, 5.41) is 3.57. The Balaban J connectivity index is 1.53. The lowest BCUT2D eigenvalue weighted by Gasteiger charge is -2.36. The van der Waals surface area contributed by atoms with Crippen molar-refractivity contribution in [2.24, 2.45) is 0 Å². The van der Waals surface area contributed by atoms with Crippen molar-refractivity contribution in [2.75, 3.05) is 36.0 Å². The molecule has 0 bridgehead atoms. The van der Waals surface area contributed by atoms with E-state index in [2.05, 4.69) is 37.0 Å². The van der Waals surface area contributed by atoms with Gasteiger partial charge in [0.25, 0.3) is 5.95 Å². The first kappa shape index (κ1) is 18.3. The first-order chi connectivity index (χ1) is 13.4. The molecular formula is C19H19F3N6. The van der Waals surface area contributed by atoms with Gasteiger partial charge in [-0.2, -0.15) is 23.3 Å². The number of piperazine rings is 1. The molecule has 0 saturated carbocycles. The van der Waals surface area contributed by atoms with Crippen LogP contribution in [-0.4, -0.2) is 45.9 Å². The standard InChI is InChI=1S/C19H19F3N6/c1-14-13-17(24-18(23-14)28-8-7-16(25-28)19(20,21)22)27-11-9-26(10-12-27)15-5-3-2-4-6-15/h2-8,13H,9-12H2,1H3. The van der Waals surface area contributed by atoms with E-state index in [1.807, 2.05) is 24.3 Å². The molecule has 28 heavy (non-hydrogen) atoms. The monoisotopic (exact) mass is 388 g/mol. The third-order valence-corrected chi connectivity index (χ3v) is 4.64. The number of aromatic nitrogens is 4. The molecule has 3 heterocycles. The first-order valence-corrected chi connectivity index (χ1v) is 8.94. The Hall–Kier alpha value is -3.10. The Morgan fingerprint density at radius 1 is 0.893 bits per heavy atom. The number of hydrogen-bond acceptors (Lipinski definition) is 5. The highest BCUT2D eigenvalue weighted by atomic mass is 19.4. The molecule has 0 radical (unpaired) electrons. The predicted molar refractivity (Wildman–Crippen MR) is 99.8 cm³/mol. The summed E-state index contributed by atoms with van der Waals surface area (Å²) in [5.74, 6) is 0.829. The van der Waals surface area contributed by atoms with Crippen LogP contribution >= 0.6 is 0 Å². The lowest BCUT2D eigenvalue weighted by atomic mass is 10.2. The lowest BCUT2D eigenvalue weighted by molar-refractivity contribution is -0.141. The van der Waals surface area contributed by atoms with Gasteiger partial charge >= 0.3 is 6.18 Å². The van der Waals surface area contributed by atoms with Crippen LogP contribution < -0.4 is 9.80 Å². The molecule has 1 aliphatic rings. The Labute approximate surface area is 160 Å². The quantitative estimate of drug-likeness (QED) is 0.689. The number of benzene rings is 1. The van der Waals surface area contributed by atoms with Crippen LogP contribution in [0.5, 0.6) is 0 Å². The summed E-state index contributed by atoms with van der Waals surface area (Å²) in [4.78, 5) is 13.1. The fraction of sp³-hybridized carbons (Fsp3) is 0.316. The molecule has 2 aromatic heterocycles. The summed E-state index contributed by atoms with van der Waals surface area (Å²) in [6, 6.07) is 12.9. The molecule has 4 rings (SSSR count). The van der Waals surface area contributed by atoms with E-state index in [1.165, 1.54) is 11.9 Å². The number of halogens is 3. The van der Waals surface area contributed by atoms with Gasteiger partial charge < -0.3 is 9.80 Å². The average Bonchev–Trinajstić information content (AvgIpc) is 3.19. The average molecular weight is 388 g/mol. The maximum absolute atomic E-state index is 12.8. The van der Waals surface area contributed by atoms with Crippen LogP contribution in [0.1, 0.15) is 11.4 Å². The molecule has 9 heteroatoms. The van der Waals surface area contributed by atoms with Crippen LogP contribution in [-0.2, 0) is 6.18 Å². The van der Waals surface area contributed by atoms with E-state index in [0.717, 1.165) is 36.9 Å². The summed E-state index contributed by atoms with van der Waals surface area (Å²) in [7, 11) is 0. The Kier molecular flexibility index (Phi) is 4.66. The fourth-order valence-corrected chi connectivity index (χ4v) is 3.22. The fourth-order valence-electron chi connectivity index (χ4n) is 3.22. The van der Waals surface area contributed by atoms with Gasteiger partial charge in [-0.05, 0) is 25.1 Å². The van der Waals surface area contributed by atoms with Crippen LogP contribution in [0.4, 0.5) is 24.7 Å². The Morgan fingerprint density at radius 2 is 1.57 bits per heavy atom. The minimum atomic E-state index is -4.49. The van der Waals surface area contributed by atoms with Crippen molar-refractivity contribution in [1.29, 1.82) is 0 Å². The van der Waals surface area contributed by atoms with Crippen LogP contribution in [0, 0.1) is 6.92 Å². The minimum Gasteiger partial charge on any atom is -0.368 e. The zero-order valence-electron chi connectivity index (χ0n) is 15.3. The normalized spacial score (nSPS) is 15.1. The molecule has 0 unspecified atom stereocenters. The van der Waals surface area contributed by atoms with Gasteiger partial charge in [-0.15, -0.1) is 0 Å². The van der Waals surface area contributed by atoms with E-state index in [0.29, 0.717) is 11.5 Å². The SMILES string of the molecule is Cc1cc(N2CCN(c3ccccc3)CC2)nc(-n2ccc(C(F)(F)F)n2)n1. The smallest absolute Gasteiger partial charge is 0.368 e. The van der Waals surface area contributed by atoms with E-state index >= 15 is 0 Å². The highest BCUT2D eigenvalue weighted by molar-refractivity contribution is 5.49. The summed E-state index contributed by atoms with van der Waals surface area (Å²) in [6.45, 7) is 4.99. The zero-order chi connectivity index (χ0) is 19.7. The van der Waals surface area contributed by atoms with Crippen molar-refractivity contribution < 1.29 is 13.2 Å². The third kappa shape index (κ3) is 3.78. The van der Waals surface area contributed by atoms with Gasteiger partial charge in [-0.3, -0.25) is 0 Å². The van der Waals surface area contributed by atoms with Crippen molar-refractivity contribution in [2.45, 2.75) is 13.1 Å². The number of rotatable bonds is 3. The van der Waals surface area contributed by atoms with Gasteiger partial charge in [0.2, 0.25) is 0 Å². The molecular weight excluding hydrogens is 369 g/mol. The molecule has 146 valence electrons. The minimum absolute atomic E-state index is 0.135. The van der Waals surface area contributed by atoms with Crippen LogP contribution in [0.2, 0.25) is 0 Å². The topological polar surface area (TPSA) is 50.1 Å². The second kappa shape index (κ2) is 7.14. The van der Waals surface area contributed by atoms with Gasteiger partial charge in [-0.25, -0.2) is 9.67 Å². The molecule has 0 spiro atoms. The number of nitrogens with zero attached hydrogens (tertiary/aromatic N) is 6. The number of hydrogen-bond donors (Lipinski definition) is 0. The molecule has 0 amide bonds. The summed E-state index contributed by atoms with van der Waals surface area (Å²) in [5.41, 5.74) is 0.892. The summed E-state index contributed by atoms with van der Waals surface area (Å²) >= 11 is 0. The van der Waals surface area contributed by atoms with Gasteiger partial charge in [0.1, 0.15) is 5.82 Å². The molecule has 0 N–H and O–H groups in total. The van der Waals surface area contributed by atoms with E-state index in [-0.39, 0.29) is 5.95 Å². The Bertz CT molecular complexity index is 946. The Morgan fingerprint density at radius 3 is 2.21 bits per heavy atom. The van der Waals surface area contributed by atoms with E-state index in [9.17, 15) is 13.2 Å². The van der Waals surface area contributed by atoms with Crippen molar-refractivity contribution >= 4 is 11.5 Å². The zero-order valence-corrected chi connectivity index (χ0v) is 15.3. The molecule has 6 nitrogen and oxygen atoms in total. The number of aryl methyl sites for hydroxylation is 1. The molecule has 0 atom stereocenters. The highest BCUT2D eigenvalue weighted by Crippen LogP contribution is 2.28. The molecule has 1 aromatic carbocycles. The van der Waals surface area contributed by atoms with Gasteiger partial charge in [-0.1, -0.05) is 18.2 Å². The van der Waals surface area contributed by atoms with E-state index in [4.69, 9.17) is 0 Å². The van der Waals surface area contributed by atoms with Crippen molar-refractivity contribution in [3.05, 3.63) is 60.0 Å². The number of anilines is 2. The highest BCUT2D eigenvalue weighted by Gasteiger charge is 2.34. The molecule has 3 aromatic rings. The van der Waals surface area contributed by atoms with Crippen molar-refractivity contribution in [1.82, 2.24) is 19.7 Å². The first-order valence-electron chi connectivity index (χ1n) is 8.94. The van der Waals surface area contributed by atoms with Crippen molar-refractivity contribution in [3.8, 4) is 5.95 Å². The predicted octanol–water partition coefficient (Wildman–Crippen LogP) is 3.32. The maximum Gasteiger partial charge on any atom is 0.435 e. The van der Waals surface area contributed by atoms with Crippen LogP contribution in [0.3, 0.4) is 0 Å². The van der Waals surface area contributed by atoms with Crippen LogP contribution in [0.15, 0.2) is 48.7 Å². The van der Waals surface area contributed by atoms with Gasteiger partial charge in [0, 0.05) is 49.8 Å². The second-order valence-electron chi connectivity index (χ2n) is 6.62. The largest absolute Gasteiger partial charge is 0.435 e. The summed E-state index contributed by atoms with van der Waals surface area (Å²) < 4.78 is 39.5. The van der Waals surface area contributed by atoms with E-state index in [1.54, 1.807) is 6.92 Å². The molecule has 1 saturated heterocycles. The summed E-state index contributed by atoms with van der Waals surface area (Å²) in [6.07, 6.45) is -3.26.